The molecule has 0 unspecified atom stereocenters. The number of carbonyl (C=O) groups is 1. The minimum Gasteiger partial charge on any atom is -0.454 e. The molecular weight excluding hydrogens is 330 g/mol. The van der Waals surface area contributed by atoms with Crippen LogP contribution < -0.4 is 5.32 Å². The molecular formula is C9H18ClIN2O2. The number of hydrogen-bond acceptors (Lipinski definition) is 4. The lowest BCUT2D eigenvalue weighted by Crippen LogP contribution is -2.31. The van der Waals surface area contributed by atoms with Crippen LogP contribution in [0.3, 0.4) is 0 Å². The largest absolute Gasteiger partial charge is 0.454 e. The highest BCUT2D eigenvalue weighted by molar-refractivity contribution is 14.1. The van der Waals surface area contributed by atoms with Crippen molar-refractivity contribution in [3.63, 3.8) is 0 Å². The molecule has 0 aliphatic carbocycles. The van der Waals surface area contributed by atoms with E-state index in [4.69, 9.17) is 11.6 Å². The van der Waals surface area contributed by atoms with Crippen molar-refractivity contribution in [2.75, 3.05) is 44.3 Å². The molecule has 1 N–H and O–H groups in total. The number of nitrogens with zero attached hydrogens (tertiary/aromatic N) is 1. The fraction of sp³-hybridized carbons (Fsp3) is 0.889. The van der Waals surface area contributed by atoms with Gasteiger partial charge in [-0.1, -0.05) is 22.6 Å². The maximum atomic E-state index is 10.2. The molecule has 0 saturated carbocycles. The van der Waals surface area contributed by atoms with E-state index < -0.39 is 5.43 Å². The van der Waals surface area contributed by atoms with E-state index >= 15 is 0 Å². The number of rotatable bonds is 9. The second-order valence-electron chi connectivity index (χ2n) is 3.18. The zero-order valence-corrected chi connectivity index (χ0v) is 11.9. The summed E-state index contributed by atoms with van der Waals surface area (Å²) in [6, 6.07) is 0. The van der Waals surface area contributed by atoms with E-state index in [2.05, 4.69) is 44.6 Å². The molecule has 0 aliphatic heterocycles. The third-order valence-electron chi connectivity index (χ3n) is 1.85. The Morgan fingerprint density at radius 3 is 2.80 bits per heavy atom. The monoisotopic (exact) mass is 348 g/mol. The Morgan fingerprint density at radius 2 is 2.20 bits per heavy atom. The summed E-state index contributed by atoms with van der Waals surface area (Å²) >= 11 is 7.37. The molecule has 4 nitrogen and oxygen atoms in total. The molecule has 0 amide bonds. The van der Waals surface area contributed by atoms with Gasteiger partial charge in [0.15, 0.2) is 0 Å². The summed E-state index contributed by atoms with van der Waals surface area (Å²) in [7, 11) is 2.11. The van der Waals surface area contributed by atoms with Gasteiger partial charge in [-0.2, -0.15) is 0 Å². The van der Waals surface area contributed by atoms with Crippen LogP contribution in [0.2, 0.25) is 0 Å². The van der Waals surface area contributed by atoms with E-state index in [1.54, 1.807) is 0 Å². The van der Waals surface area contributed by atoms with Gasteiger partial charge in [0.2, 0.25) is 0 Å². The molecule has 0 aliphatic rings. The number of ether oxygens (including phenoxy) is 1. The summed E-state index contributed by atoms with van der Waals surface area (Å²) < 4.78 is 5.74. The van der Waals surface area contributed by atoms with Gasteiger partial charge in [0.1, 0.15) is 0 Å². The van der Waals surface area contributed by atoms with Gasteiger partial charge in [0.25, 0.3) is 0 Å². The standard InChI is InChI=1S/C9H18ClIN2O2/c1-13(6-3-11)7-5-12-4-2-8-15-9(10)14/h12H,2-8H2,1H3. The number of likely N-dealkylation sites (N-methyl/N-ethyl adjacent to an activating group) is 1. The molecule has 0 aromatic carbocycles. The van der Waals surface area contributed by atoms with Crippen molar-refractivity contribution >= 4 is 39.6 Å². The van der Waals surface area contributed by atoms with Crippen molar-refractivity contribution in [2.45, 2.75) is 6.42 Å². The Hall–Kier alpha value is 0.410. The lowest BCUT2D eigenvalue weighted by molar-refractivity contribution is 0.171. The van der Waals surface area contributed by atoms with Gasteiger partial charge in [-0.05, 0) is 20.0 Å². The fourth-order valence-corrected chi connectivity index (χ4v) is 1.90. The summed E-state index contributed by atoms with van der Waals surface area (Å²) in [5.74, 6) is 0. The third-order valence-corrected chi connectivity index (χ3v) is 2.44. The first-order valence-corrected chi connectivity index (χ1v) is 6.84. The minimum absolute atomic E-state index is 0.388. The van der Waals surface area contributed by atoms with Gasteiger partial charge in [0, 0.05) is 35.7 Å². The molecule has 0 fully saturated rings. The first-order valence-electron chi connectivity index (χ1n) is 4.94. The molecule has 0 aromatic rings. The number of carbonyl (C=O) groups excluding carboxylic acids is 1. The van der Waals surface area contributed by atoms with E-state index in [0.717, 1.165) is 37.0 Å². The molecule has 0 saturated heterocycles. The Morgan fingerprint density at radius 1 is 1.47 bits per heavy atom. The Kier molecular flexibility index (Phi) is 11.2. The minimum atomic E-state index is -0.725. The second-order valence-corrected chi connectivity index (χ2v) is 4.57. The first-order chi connectivity index (χ1) is 7.16. The predicted molar refractivity (Wildman–Crippen MR) is 71.1 cm³/mol. The molecule has 0 bridgehead atoms. The van der Waals surface area contributed by atoms with Crippen molar-refractivity contribution in [1.29, 1.82) is 0 Å². The average Bonchev–Trinajstić information content (AvgIpc) is 2.16. The summed E-state index contributed by atoms with van der Waals surface area (Å²) in [5, 5.41) is 3.27. The van der Waals surface area contributed by atoms with Gasteiger partial charge < -0.3 is 15.0 Å². The van der Waals surface area contributed by atoms with E-state index in [1.165, 1.54) is 0 Å². The van der Waals surface area contributed by atoms with Gasteiger partial charge in [-0.15, -0.1) is 0 Å². The molecule has 90 valence electrons. The van der Waals surface area contributed by atoms with E-state index in [0.29, 0.717) is 6.61 Å². The highest BCUT2D eigenvalue weighted by Crippen LogP contribution is 1.89. The van der Waals surface area contributed by atoms with Crippen LogP contribution in [0, 0.1) is 0 Å². The molecule has 6 heteroatoms. The van der Waals surface area contributed by atoms with Crippen LogP contribution in [0.5, 0.6) is 0 Å². The Labute approximate surface area is 110 Å². The van der Waals surface area contributed by atoms with Gasteiger partial charge >= 0.3 is 5.43 Å². The average molecular weight is 349 g/mol. The third kappa shape index (κ3) is 12.3. The van der Waals surface area contributed by atoms with Crippen LogP contribution in [0.1, 0.15) is 6.42 Å². The summed E-state index contributed by atoms with van der Waals surface area (Å²) in [6.07, 6.45) is 0.800. The number of nitrogens with one attached hydrogen (secondary N) is 1. The van der Waals surface area contributed by atoms with Crippen LogP contribution in [-0.2, 0) is 4.74 Å². The van der Waals surface area contributed by atoms with Gasteiger partial charge in [-0.25, -0.2) is 4.79 Å². The van der Waals surface area contributed by atoms with Crippen LogP contribution in [0.25, 0.3) is 0 Å². The second kappa shape index (κ2) is 10.9. The van der Waals surface area contributed by atoms with E-state index in [-0.39, 0.29) is 0 Å². The molecule has 0 aromatic heterocycles. The number of alkyl halides is 1. The SMILES string of the molecule is CN(CCI)CCNCCCOC(=O)Cl. The smallest absolute Gasteiger partial charge is 0.403 e. The van der Waals surface area contributed by atoms with Crippen molar-refractivity contribution in [2.24, 2.45) is 0 Å². The van der Waals surface area contributed by atoms with E-state index in [1.807, 2.05) is 0 Å². The highest BCUT2D eigenvalue weighted by Gasteiger charge is 1.97. The van der Waals surface area contributed by atoms with Crippen molar-refractivity contribution < 1.29 is 9.53 Å². The molecule has 0 heterocycles. The Bertz CT molecular complexity index is 172. The topological polar surface area (TPSA) is 41.6 Å². The van der Waals surface area contributed by atoms with Crippen LogP contribution in [-0.4, -0.2) is 54.6 Å². The fourth-order valence-electron chi connectivity index (χ4n) is 1.00. The normalized spacial score (nSPS) is 10.7. The van der Waals surface area contributed by atoms with Gasteiger partial charge in [0.05, 0.1) is 6.61 Å². The van der Waals surface area contributed by atoms with Crippen LogP contribution in [0.15, 0.2) is 0 Å². The van der Waals surface area contributed by atoms with E-state index in [9.17, 15) is 4.79 Å². The van der Waals surface area contributed by atoms with Crippen molar-refractivity contribution in [3.05, 3.63) is 0 Å². The van der Waals surface area contributed by atoms with Crippen LogP contribution in [0.4, 0.5) is 4.79 Å². The van der Waals surface area contributed by atoms with Crippen molar-refractivity contribution in [3.8, 4) is 0 Å². The molecule has 0 atom stereocenters. The number of hydrogen-bond donors (Lipinski definition) is 1. The maximum Gasteiger partial charge on any atom is 0.403 e. The molecule has 0 spiro atoms. The summed E-state index contributed by atoms with van der Waals surface area (Å²) in [5.41, 5.74) is -0.725. The first kappa shape index (κ1) is 15.4. The van der Waals surface area contributed by atoms with Crippen LogP contribution >= 0.6 is 34.2 Å². The van der Waals surface area contributed by atoms with Gasteiger partial charge in [-0.3, -0.25) is 0 Å². The maximum absolute atomic E-state index is 10.2. The zero-order valence-electron chi connectivity index (χ0n) is 8.97. The zero-order chi connectivity index (χ0) is 11.5. The van der Waals surface area contributed by atoms with Crippen molar-refractivity contribution in [1.82, 2.24) is 10.2 Å². The molecule has 0 rings (SSSR count). The lowest BCUT2D eigenvalue weighted by atomic mass is 10.4. The lowest BCUT2D eigenvalue weighted by Gasteiger charge is -2.14. The molecule has 15 heavy (non-hydrogen) atoms. The molecule has 0 radical (unpaired) electrons. The highest BCUT2D eigenvalue weighted by atomic mass is 127. The predicted octanol–water partition coefficient (Wildman–Crippen LogP) is 1.71. The summed E-state index contributed by atoms with van der Waals surface area (Å²) in [4.78, 5) is 12.5. The Balaban J connectivity index is 3.07. The quantitative estimate of drug-likeness (QED) is 0.298. The summed E-state index contributed by atoms with van der Waals surface area (Å²) in [6.45, 7) is 4.35. The number of halogens is 2.